The van der Waals surface area contributed by atoms with Crippen LogP contribution < -0.4 is 9.47 Å². The molecule has 3 nitrogen and oxygen atoms in total. The topological polar surface area (TPSA) is 42.2 Å². The van der Waals surface area contributed by atoms with Crippen LogP contribution >= 0.6 is 0 Å². The Bertz CT molecular complexity index is 662. The van der Waals surface area contributed by atoms with Crippen LogP contribution in [0.3, 0.4) is 0 Å². The Hall–Kier alpha value is -2.54. The molecule has 2 rings (SSSR count). The minimum Gasteiger partial charge on any atom is -0.496 e. The lowest BCUT2D eigenvalue weighted by molar-refractivity contribution is 0.340. The maximum Gasteiger partial charge on any atom is 0.123 e. The molecule has 1 atom stereocenters. The molecule has 0 radical (unpaired) electrons. The smallest absolute Gasteiger partial charge is 0.123 e. The van der Waals surface area contributed by atoms with E-state index in [0.29, 0.717) is 24.3 Å². The number of halogens is 1. The molecule has 0 aliphatic heterocycles. The van der Waals surface area contributed by atoms with Crippen molar-refractivity contribution in [2.75, 3.05) is 13.7 Å². The van der Waals surface area contributed by atoms with E-state index in [-0.39, 0.29) is 11.7 Å². The third kappa shape index (κ3) is 3.76. The normalized spacial score (nSPS) is 11.5. The second-order valence-electron chi connectivity index (χ2n) is 4.84. The van der Waals surface area contributed by atoms with E-state index in [1.165, 1.54) is 19.2 Å². The first kappa shape index (κ1) is 15.8. The fraction of sp³-hybridized carbons (Fsp3) is 0.278. The maximum atomic E-state index is 13.4. The maximum absolute atomic E-state index is 13.4. The minimum atomic E-state index is -0.369. The summed E-state index contributed by atoms with van der Waals surface area (Å²) in [6.45, 7) is 2.52. The number of benzene rings is 2. The van der Waals surface area contributed by atoms with E-state index in [0.717, 1.165) is 11.3 Å². The Morgan fingerprint density at radius 3 is 2.50 bits per heavy atom. The number of ether oxygens (including phenoxy) is 2. The SMILES string of the molecule is CCOc1ccc(C(C#N)Cc2cc(F)ccc2OC)cc1. The van der Waals surface area contributed by atoms with Crippen LogP contribution in [0.5, 0.6) is 11.5 Å². The number of hydrogen-bond acceptors (Lipinski definition) is 3. The van der Waals surface area contributed by atoms with Crippen molar-refractivity contribution in [1.82, 2.24) is 0 Å². The lowest BCUT2D eigenvalue weighted by Crippen LogP contribution is -2.03. The molecule has 2 aromatic carbocycles. The highest BCUT2D eigenvalue weighted by Gasteiger charge is 2.15. The molecule has 0 saturated heterocycles. The molecule has 0 aliphatic rings. The monoisotopic (exact) mass is 299 g/mol. The molecule has 4 heteroatoms. The molecule has 0 fully saturated rings. The lowest BCUT2D eigenvalue weighted by atomic mass is 9.92. The van der Waals surface area contributed by atoms with Gasteiger partial charge in [-0.15, -0.1) is 0 Å². The highest BCUT2D eigenvalue weighted by Crippen LogP contribution is 2.28. The van der Waals surface area contributed by atoms with E-state index < -0.39 is 0 Å². The van der Waals surface area contributed by atoms with Crippen LogP contribution in [0.15, 0.2) is 42.5 Å². The summed E-state index contributed by atoms with van der Waals surface area (Å²) in [5, 5.41) is 9.43. The summed E-state index contributed by atoms with van der Waals surface area (Å²) in [6.07, 6.45) is 0.394. The molecule has 0 heterocycles. The van der Waals surface area contributed by atoms with Crippen molar-refractivity contribution in [3.8, 4) is 17.6 Å². The van der Waals surface area contributed by atoms with Gasteiger partial charge in [0.1, 0.15) is 17.3 Å². The molecule has 0 amide bonds. The summed E-state index contributed by atoms with van der Waals surface area (Å²) < 4.78 is 24.1. The first-order valence-electron chi connectivity index (χ1n) is 7.12. The number of rotatable bonds is 6. The Labute approximate surface area is 129 Å². The van der Waals surface area contributed by atoms with Gasteiger partial charge in [-0.3, -0.25) is 0 Å². The Balaban J connectivity index is 2.22. The van der Waals surface area contributed by atoms with E-state index in [9.17, 15) is 9.65 Å². The summed E-state index contributed by atoms with van der Waals surface area (Å²) in [5.74, 6) is 0.657. The molecule has 0 aliphatic carbocycles. The van der Waals surface area contributed by atoms with E-state index in [1.54, 1.807) is 6.07 Å². The van der Waals surface area contributed by atoms with E-state index in [2.05, 4.69) is 6.07 Å². The van der Waals surface area contributed by atoms with Crippen molar-refractivity contribution in [1.29, 1.82) is 5.26 Å². The number of nitriles is 1. The highest BCUT2D eigenvalue weighted by atomic mass is 19.1. The number of methoxy groups -OCH3 is 1. The molecular weight excluding hydrogens is 281 g/mol. The van der Waals surface area contributed by atoms with Crippen LogP contribution in [0.4, 0.5) is 4.39 Å². The zero-order valence-corrected chi connectivity index (χ0v) is 12.7. The molecular formula is C18H18FNO2. The van der Waals surface area contributed by atoms with Crippen molar-refractivity contribution < 1.29 is 13.9 Å². The molecule has 2 aromatic rings. The zero-order valence-electron chi connectivity index (χ0n) is 12.7. The van der Waals surface area contributed by atoms with Gasteiger partial charge in [-0.05, 0) is 54.8 Å². The van der Waals surface area contributed by atoms with Gasteiger partial charge in [-0.2, -0.15) is 5.26 Å². The van der Waals surface area contributed by atoms with Crippen molar-refractivity contribution in [3.63, 3.8) is 0 Å². The zero-order chi connectivity index (χ0) is 15.9. The molecule has 0 N–H and O–H groups in total. The van der Waals surface area contributed by atoms with Gasteiger partial charge in [0.25, 0.3) is 0 Å². The molecule has 114 valence electrons. The van der Waals surface area contributed by atoms with Gasteiger partial charge in [0.05, 0.1) is 25.7 Å². The van der Waals surface area contributed by atoms with E-state index in [1.807, 2.05) is 31.2 Å². The predicted octanol–water partition coefficient (Wildman–Crippen LogP) is 4.08. The number of hydrogen-bond donors (Lipinski definition) is 0. The fourth-order valence-corrected chi connectivity index (χ4v) is 2.33. The van der Waals surface area contributed by atoms with Gasteiger partial charge in [0.15, 0.2) is 0 Å². The van der Waals surface area contributed by atoms with Gasteiger partial charge < -0.3 is 9.47 Å². The average Bonchev–Trinajstić information content (AvgIpc) is 2.54. The third-order valence-corrected chi connectivity index (χ3v) is 3.42. The van der Waals surface area contributed by atoms with E-state index in [4.69, 9.17) is 9.47 Å². The van der Waals surface area contributed by atoms with Gasteiger partial charge >= 0.3 is 0 Å². The second kappa shape index (κ2) is 7.46. The molecule has 0 aromatic heterocycles. The van der Waals surface area contributed by atoms with Crippen molar-refractivity contribution >= 4 is 0 Å². The van der Waals surface area contributed by atoms with Crippen LogP contribution in [0.1, 0.15) is 24.0 Å². The lowest BCUT2D eigenvalue weighted by Gasteiger charge is -2.13. The van der Waals surface area contributed by atoms with Crippen LogP contribution in [0.2, 0.25) is 0 Å². The predicted molar refractivity (Wildman–Crippen MR) is 82.6 cm³/mol. The average molecular weight is 299 g/mol. The van der Waals surface area contributed by atoms with Crippen LogP contribution in [-0.4, -0.2) is 13.7 Å². The molecule has 1 unspecified atom stereocenters. The summed E-state index contributed by atoms with van der Waals surface area (Å²) >= 11 is 0. The quantitative estimate of drug-likeness (QED) is 0.807. The van der Waals surface area contributed by atoms with Gasteiger partial charge in [-0.1, -0.05) is 12.1 Å². The Kier molecular flexibility index (Phi) is 5.37. The second-order valence-corrected chi connectivity index (χ2v) is 4.84. The highest BCUT2D eigenvalue weighted by molar-refractivity contribution is 5.39. The first-order valence-corrected chi connectivity index (χ1v) is 7.12. The Morgan fingerprint density at radius 1 is 1.18 bits per heavy atom. The van der Waals surface area contributed by atoms with Crippen molar-refractivity contribution in [2.24, 2.45) is 0 Å². The van der Waals surface area contributed by atoms with Crippen molar-refractivity contribution in [2.45, 2.75) is 19.3 Å². The van der Waals surface area contributed by atoms with Crippen molar-refractivity contribution in [3.05, 3.63) is 59.4 Å². The molecule has 0 bridgehead atoms. The van der Waals surface area contributed by atoms with Gasteiger partial charge in [-0.25, -0.2) is 4.39 Å². The van der Waals surface area contributed by atoms with Crippen LogP contribution in [-0.2, 0) is 6.42 Å². The van der Waals surface area contributed by atoms with Gasteiger partial charge in [0.2, 0.25) is 0 Å². The summed E-state index contributed by atoms with van der Waals surface area (Å²) in [6, 6.07) is 14.0. The standard InChI is InChI=1S/C18H18FNO2/c1-3-22-17-7-4-13(5-8-17)15(12-20)10-14-11-16(19)6-9-18(14)21-2/h4-9,11,15H,3,10H2,1-2H3. The Morgan fingerprint density at radius 2 is 1.91 bits per heavy atom. The molecule has 22 heavy (non-hydrogen) atoms. The van der Waals surface area contributed by atoms with Crippen LogP contribution in [0.25, 0.3) is 0 Å². The fourth-order valence-electron chi connectivity index (χ4n) is 2.33. The molecule has 0 saturated carbocycles. The summed E-state index contributed by atoms with van der Waals surface area (Å²) in [7, 11) is 1.54. The third-order valence-electron chi connectivity index (χ3n) is 3.42. The number of nitrogens with zero attached hydrogens (tertiary/aromatic N) is 1. The largest absolute Gasteiger partial charge is 0.496 e. The van der Waals surface area contributed by atoms with E-state index >= 15 is 0 Å². The summed E-state index contributed by atoms with van der Waals surface area (Å²) in [5.41, 5.74) is 1.56. The minimum absolute atomic E-state index is 0.334. The van der Waals surface area contributed by atoms with Gasteiger partial charge in [0, 0.05) is 0 Å². The molecule has 0 spiro atoms. The summed E-state index contributed by atoms with van der Waals surface area (Å²) in [4.78, 5) is 0. The van der Waals surface area contributed by atoms with Crippen LogP contribution in [0, 0.1) is 17.1 Å². The first-order chi connectivity index (χ1) is 10.7.